The van der Waals surface area contributed by atoms with E-state index in [1.165, 1.54) is 30.3 Å². The average Bonchev–Trinajstić information content (AvgIpc) is 2.80. The number of nitrogens with one attached hydrogen (secondary N) is 1. The van der Waals surface area contributed by atoms with E-state index in [0.29, 0.717) is 16.1 Å². The molecule has 0 atom stereocenters. The van der Waals surface area contributed by atoms with Gasteiger partial charge in [0.05, 0.1) is 4.90 Å². The zero-order valence-electron chi connectivity index (χ0n) is 17.2. The number of sulfonamides is 1. The summed E-state index contributed by atoms with van der Waals surface area (Å²) in [5, 5.41) is 7.44. The molecule has 0 saturated carbocycles. The molecule has 0 saturated heterocycles. The molecule has 3 aromatic carbocycles. The Morgan fingerprint density at radius 3 is 2.15 bits per heavy atom. The topological polar surface area (TPSA) is 100 Å². The second kappa shape index (κ2) is 10.5. The van der Waals surface area contributed by atoms with Crippen molar-refractivity contribution in [2.45, 2.75) is 18.0 Å². The van der Waals surface area contributed by atoms with Gasteiger partial charge in [0.15, 0.2) is 5.84 Å². The van der Waals surface area contributed by atoms with E-state index >= 15 is 0 Å². The maximum absolute atomic E-state index is 14.3. The molecule has 0 fully saturated rings. The van der Waals surface area contributed by atoms with E-state index in [1.807, 2.05) is 0 Å². The molecule has 0 spiro atoms. The summed E-state index contributed by atoms with van der Waals surface area (Å²) in [4.78, 5) is -0.0564. The minimum Gasteiger partial charge on any atom is -0.321 e. The highest BCUT2D eigenvalue weighted by Crippen LogP contribution is 2.25. The highest BCUT2D eigenvalue weighted by molar-refractivity contribution is 7.89. The minimum atomic E-state index is -4.13. The van der Waals surface area contributed by atoms with E-state index in [2.05, 4.69) is 22.3 Å². The van der Waals surface area contributed by atoms with Crippen LogP contribution in [0, 0.1) is 11.6 Å². The van der Waals surface area contributed by atoms with E-state index in [1.54, 1.807) is 24.3 Å². The zero-order chi connectivity index (χ0) is 24.0. The van der Waals surface area contributed by atoms with Crippen LogP contribution in [0.15, 0.2) is 81.8 Å². The van der Waals surface area contributed by atoms with Crippen molar-refractivity contribution < 1.29 is 17.2 Å². The summed E-state index contributed by atoms with van der Waals surface area (Å²) in [6.07, 6.45) is 0. The highest BCUT2D eigenvalue weighted by atomic mass is 35.5. The quantitative estimate of drug-likeness (QED) is 0.216. The monoisotopic (exact) mass is 491 g/mol. The van der Waals surface area contributed by atoms with Crippen LogP contribution in [-0.2, 0) is 23.1 Å². The van der Waals surface area contributed by atoms with Gasteiger partial charge in [0.25, 0.3) is 0 Å². The fourth-order valence-electron chi connectivity index (χ4n) is 3.06. The van der Waals surface area contributed by atoms with Gasteiger partial charge in [-0.3, -0.25) is 5.43 Å². The second-order valence-electron chi connectivity index (χ2n) is 6.87. The molecule has 0 aliphatic heterocycles. The lowest BCUT2D eigenvalue weighted by molar-refractivity contribution is 0.384. The lowest BCUT2D eigenvalue weighted by Crippen LogP contribution is -2.31. The number of hydrogen-bond donors (Lipinski definition) is 2. The van der Waals surface area contributed by atoms with Crippen molar-refractivity contribution in [2.24, 2.45) is 16.0 Å². The van der Waals surface area contributed by atoms with Crippen LogP contribution in [0.25, 0.3) is 0 Å². The molecule has 3 aromatic rings. The molecular weight excluding hydrogens is 472 g/mol. The van der Waals surface area contributed by atoms with Crippen LogP contribution in [0.4, 0.5) is 8.78 Å². The van der Waals surface area contributed by atoms with E-state index in [4.69, 9.17) is 17.4 Å². The first kappa shape index (κ1) is 24.3. The molecule has 0 aliphatic rings. The smallest absolute Gasteiger partial charge is 0.243 e. The Bertz CT molecular complexity index is 1250. The maximum atomic E-state index is 14.3. The van der Waals surface area contributed by atoms with E-state index < -0.39 is 28.2 Å². The molecule has 172 valence electrons. The molecule has 0 aliphatic carbocycles. The molecule has 11 heteroatoms. The van der Waals surface area contributed by atoms with Crippen LogP contribution in [0.5, 0.6) is 0 Å². The van der Waals surface area contributed by atoms with Crippen LogP contribution in [0.3, 0.4) is 0 Å². The summed E-state index contributed by atoms with van der Waals surface area (Å²) in [6, 6.07) is 15.5. The Hall–Kier alpha value is -3.34. The third kappa shape index (κ3) is 5.72. The van der Waals surface area contributed by atoms with Gasteiger partial charge in [0.2, 0.25) is 10.0 Å². The molecule has 0 heterocycles. The van der Waals surface area contributed by atoms with Gasteiger partial charge in [-0.15, -0.1) is 0 Å². The zero-order valence-corrected chi connectivity index (χ0v) is 18.8. The van der Waals surface area contributed by atoms with Crippen molar-refractivity contribution in [2.75, 3.05) is 0 Å². The number of nitrogens with zero attached hydrogens (tertiary/aromatic N) is 3. The van der Waals surface area contributed by atoms with Crippen molar-refractivity contribution in [3.8, 4) is 0 Å². The van der Waals surface area contributed by atoms with Crippen molar-refractivity contribution in [1.82, 2.24) is 9.73 Å². The van der Waals surface area contributed by atoms with E-state index in [9.17, 15) is 17.2 Å². The molecule has 33 heavy (non-hydrogen) atoms. The third-order valence-corrected chi connectivity index (χ3v) is 6.81. The van der Waals surface area contributed by atoms with Crippen molar-refractivity contribution in [3.63, 3.8) is 0 Å². The summed E-state index contributed by atoms with van der Waals surface area (Å²) < 4.78 is 56.3. The van der Waals surface area contributed by atoms with Gasteiger partial charge in [-0.05, 0) is 42.0 Å². The number of hydrogen-bond acceptors (Lipinski definition) is 5. The predicted molar refractivity (Wildman–Crippen MR) is 124 cm³/mol. The minimum absolute atomic E-state index is 0.0564. The van der Waals surface area contributed by atoms with Gasteiger partial charge in [-0.1, -0.05) is 41.9 Å². The molecule has 7 nitrogen and oxygen atoms in total. The van der Waals surface area contributed by atoms with Crippen LogP contribution in [-0.4, -0.2) is 25.3 Å². The first-order chi connectivity index (χ1) is 15.8. The lowest BCUT2D eigenvalue weighted by atomic mass is 10.1. The lowest BCUT2D eigenvalue weighted by Gasteiger charge is -2.23. The second-order valence-corrected chi connectivity index (χ2v) is 9.25. The standard InChI is InChI=1S/C22H20ClF2N5O2S/c1-27-29-22(28-26)16-7-5-15(6-8-16)13-30(14-19-20(24)3-2-4-21(19)25)33(31,32)18-11-9-17(23)10-12-18/h2-12H,1,13-14,26H2,(H,28,29). The summed E-state index contributed by atoms with van der Waals surface area (Å²) in [6.45, 7) is 2.64. The normalized spacial score (nSPS) is 12.1. The summed E-state index contributed by atoms with van der Waals surface area (Å²) >= 11 is 5.88. The van der Waals surface area contributed by atoms with Crippen molar-refractivity contribution in [3.05, 3.63) is 100 Å². The SMILES string of the molecule is C=NN/C(=N\N)c1ccc(CN(Cc2c(F)cccc2F)S(=O)(=O)c2ccc(Cl)cc2)cc1. The Morgan fingerprint density at radius 1 is 1.00 bits per heavy atom. The molecule has 0 aromatic heterocycles. The van der Waals surface area contributed by atoms with Crippen LogP contribution < -0.4 is 11.3 Å². The number of amidine groups is 1. The maximum Gasteiger partial charge on any atom is 0.243 e. The molecular formula is C22H20ClF2N5O2S. The van der Waals surface area contributed by atoms with Crippen LogP contribution in [0.1, 0.15) is 16.7 Å². The Balaban J connectivity index is 1.98. The van der Waals surface area contributed by atoms with Crippen LogP contribution >= 0.6 is 11.6 Å². The Labute approximate surface area is 195 Å². The molecule has 0 unspecified atom stereocenters. The van der Waals surface area contributed by atoms with E-state index in [-0.39, 0.29) is 22.8 Å². The fraction of sp³-hybridized carbons (Fsp3) is 0.0909. The van der Waals surface area contributed by atoms with Crippen molar-refractivity contribution in [1.29, 1.82) is 0 Å². The molecule has 3 rings (SSSR count). The number of rotatable bonds is 8. The highest BCUT2D eigenvalue weighted by Gasteiger charge is 2.27. The van der Waals surface area contributed by atoms with Crippen molar-refractivity contribution >= 4 is 34.2 Å². The van der Waals surface area contributed by atoms with Gasteiger partial charge < -0.3 is 5.84 Å². The predicted octanol–water partition coefficient (Wildman–Crippen LogP) is 3.83. The molecule has 0 amide bonds. The van der Waals surface area contributed by atoms with Gasteiger partial charge in [-0.2, -0.15) is 14.5 Å². The fourth-order valence-corrected chi connectivity index (χ4v) is 4.58. The molecule has 0 radical (unpaired) electrons. The van der Waals surface area contributed by atoms with E-state index in [0.717, 1.165) is 16.4 Å². The van der Waals surface area contributed by atoms with Gasteiger partial charge in [0, 0.05) is 36.0 Å². The van der Waals surface area contributed by atoms with Gasteiger partial charge in [0.1, 0.15) is 11.6 Å². The summed E-state index contributed by atoms with van der Waals surface area (Å²) in [5.74, 6) is 3.91. The number of nitrogens with two attached hydrogens (primary N) is 1. The Kier molecular flexibility index (Phi) is 7.75. The third-order valence-electron chi connectivity index (χ3n) is 4.75. The Morgan fingerprint density at radius 2 is 1.61 bits per heavy atom. The summed E-state index contributed by atoms with van der Waals surface area (Å²) in [7, 11) is -4.13. The molecule has 0 bridgehead atoms. The van der Waals surface area contributed by atoms with Gasteiger partial charge in [-0.25, -0.2) is 17.2 Å². The first-order valence-electron chi connectivity index (χ1n) is 9.53. The van der Waals surface area contributed by atoms with Crippen LogP contribution in [0.2, 0.25) is 5.02 Å². The first-order valence-corrected chi connectivity index (χ1v) is 11.4. The molecule has 3 N–H and O–H groups in total. The number of benzene rings is 3. The largest absolute Gasteiger partial charge is 0.321 e. The average molecular weight is 492 g/mol. The number of halogens is 3. The number of hydrazone groups is 2. The van der Waals surface area contributed by atoms with Gasteiger partial charge >= 0.3 is 0 Å². The summed E-state index contributed by atoms with van der Waals surface area (Å²) in [5.41, 5.74) is 3.34.